The number of carboxylic acids is 1. The molecule has 1 fully saturated rings. The number of nitrogens with zero attached hydrogens (tertiary/aromatic N) is 1. The third kappa shape index (κ3) is 2.94. The number of hydrogen-bond acceptors (Lipinski definition) is 2. The first-order valence-electron chi connectivity index (χ1n) is 5.54. The molecule has 0 bridgehead atoms. The topological polar surface area (TPSA) is 57.6 Å². The Balaban J connectivity index is 2.46. The van der Waals surface area contributed by atoms with Crippen LogP contribution in [0, 0.1) is 11.8 Å². The molecule has 1 saturated carbocycles. The second-order valence-electron chi connectivity index (χ2n) is 4.30. The van der Waals surface area contributed by atoms with Crippen molar-refractivity contribution >= 4 is 11.9 Å². The molecule has 0 radical (unpaired) electrons. The highest BCUT2D eigenvalue weighted by Gasteiger charge is 2.34. The minimum atomic E-state index is -0.761. The summed E-state index contributed by atoms with van der Waals surface area (Å²) in [7, 11) is 1.79. The minimum absolute atomic E-state index is 0.0670. The molecule has 1 aliphatic carbocycles. The van der Waals surface area contributed by atoms with Gasteiger partial charge in [0.05, 0.1) is 5.92 Å². The summed E-state index contributed by atoms with van der Waals surface area (Å²) in [4.78, 5) is 24.3. The van der Waals surface area contributed by atoms with Gasteiger partial charge in [0, 0.05) is 19.5 Å². The molecule has 0 spiro atoms. The van der Waals surface area contributed by atoms with Gasteiger partial charge in [-0.2, -0.15) is 0 Å². The lowest BCUT2D eigenvalue weighted by Crippen LogP contribution is -2.32. The highest BCUT2D eigenvalue weighted by atomic mass is 16.4. The summed E-state index contributed by atoms with van der Waals surface area (Å²) >= 11 is 0. The van der Waals surface area contributed by atoms with E-state index in [4.69, 9.17) is 5.11 Å². The van der Waals surface area contributed by atoms with E-state index in [2.05, 4.69) is 0 Å². The van der Waals surface area contributed by atoms with Gasteiger partial charge in [-0.15, -0.1) is 0 Å². The number of carbonyl (C=O) groups excluding carboxylic acids is 1. The van der Waals surface area contributed by atoms with Gasteiger partial charge in [-0.05, 0) is 25.7 Å². The zero-order valence-corrected chi connectivity index (χ0v) is 9.40. The first-order chi connectivity index (χ1) is 7.06. The maximum atomic E-state index is 11.8. The molecular weight excluding hydrogens is 194 g/mol. The van der Waals surface area contributed by atoms with E-state index in [0.29, 0.717) is 12.8 Å². The maximum absolute atomic E-state index is 11.8. The molecular formula is C11H19NO3. The molecule has 15 heavy (non-hydrogen) atoms. The van der Waals surface area contributed by atoms with Crippen molar-refractivity contribution in [1.29, 1.82) is 0 Å². The normalized spacial score (nSPS) is 25.2. The molecule has 0 saturated heterocycles. The fraction of sp³-hybridized carbons (Fsp3) is 0.818. The van der Waals surface area contributed by atoms with Crippen molar-refractivity contribution in [2.75, 3.05) is 13.6 Å². The largest absolute Gasteiger partial charge is 0.481 e. The average Bonchev–Trinajstić information content (AvgIpc) is 2.65. The van der Waals surface area contributed by atoms with Crippen LogP contribution in [0.15, 0.2) is 0 Å². The van der Waals surface area contributed by atoms with Crippen molar-refractivity contribution in [2.24, 2.45) is 11.8 Å². The Hall–Kier alpha value is -1.06. The van der Waals surface area contributed by atoms with E-state index >= 15 is 0 Å². The van der Waals surface area contributed by atoms with Crippen LogP contribution in [0.4, 0.5) is 0 Å². The van der Waals surface area contributed by atoms with Crippen molar-refractivity contribution in [3.8, 4) is 0 Å². The van der Waals surface area contributed by atoms with E-state index in [-0.39, 0.29) is 17.7 Å². The Morgan fingerprint density at radius 1 is 1.33 bits per heavy atom. The van der Waals surface area contributed by atoms with Crippen LogP contribution in [0.1, 0.15) is 32.6 Å². The molecule has 2 atom stereocenters. The van der Waals surface area contributed by atoms with Crippen LogP contribution < -0.4 is 0 Å². The lowest BCUT2D eigenvalue weighted by molar-refractivity contribution is -0.141. The molecule has 4 heteroatoms. The number of carboxylic acid groups (broad SMARTS) is 1. The standard InChI is InChI=1S/C11H19NO3/c1-3-6-12(2)10(13)8-4-5-9(7-8)11(14)15/h8-9H,3-7H2,1-2H3,(H,14,15). The Morgan fingerprint density at radius 3 is 2.40 bits per heavy atom. The SMILES string of the molecule is CCCN(C)C(=O)C1CCC(C(=O)O)C1. The van der Waals surface area contributed by atoms with Gasteiger partial charge in [-0.3, -0.25) is 9.59 Å². The summed E-state index contributed by atoms with van der Waals surface area (Å²) in [6, 6.07) is 0. The molecule has 1 amide bonds. The highest BCUT2D eigenvalue weighted by molar-refractivity contribution is 5.80. The van der Waals surface area contributed by atoms with Crippen LogP contribution in [0.25, 0.3) is 0 Å². The summed E-state index contributed by atoms with van der Waals surface area (Å²) in [6.07, 6.45) is 2.83. The monoisotopic (exact) mass is 213 g/mol. The second kappa shape index (κ2) is 5.14. The molecule has 0 aliphatic heterocycles. The number of aliphatic carboxylic acids is 1. The molecule has 1 N–H and O–H groups in total. The van der Waals surface area contributed by atoms with Gasteiger partial charge in [0.25, 0.3) is 0 Å². The number of hydrogen-bond donors (Lipinski definition) is 1. The summed E-state index contributed by atoms with van der Waals surface area (Å²) in [5, 5.41) is 8.83. The molecule has 4 nitrogen and oxygen atoms in total. The van der Waals surface area contributed by atoms with Crippen LogP contribution in [0.2, 0.25) is 0 Å². The predicted octanol–water partition coefficient (Wildman–Crippen LogP) is 1.36. The summed E-state index contributed by atoms with van der Waals surface area (Å²) in [5.74, 6) is -1.03. The van der Waals surface area contributed by atoms with Crippen molar-refractivity contribution in [1.82, 2.24) is 4.90 Å². The lowest BCUT2D eigenvalue weighted by Gasteiger charge is -2.20. The van der Waals surface area contributed by atoms with Gasteiger partial charge in [0.1, 0.15) is 0 Å². The van der Waals surface area contributed by atoms with Gasteiger partial charge in [-0.1, -0.05) is 6.92 Å². The van der Waals surface area contributed by atoms with Crippen LogP contribution in [0.3, 0.4) is 0 Å². The highest BCUT2D eigenvalue weighted by Crippen LogP contribution is 2.32. The van der Waals surface area contributed by atoms with E-state index in [0.717, 1.165) is 19.4 Å². The van der Waals surface area contributed by atoms with Crippen LogP contribution >= 0.6 is 0 Å². The predicted molar refractivity (Wildman–Crippen MR) is 56.4 cm³/mol. The van der Waals surface area contributed by atoms with E-state index < -0.39 is 5.97 Å². The number of rotatable bonds is 4. The third-order valence-electron chi connectivity index (χ3n) is 3.07. The summed E-state index contributed by atoms with van der Waals surface area (Å²) in [5.41, 5.74) is 0. The van der Waals surface area contributed by atoms with Gasteiger partial charge in [-0.25, -0.2) is 0 Å². The smallest absolute Gasteiger partial charge is 0.306 e. The molecule has 1 rings (SSSR count). The molecule has 2 unspecified atom stereocenters. The zero-order chi connectivity index (χ0) is 11.4. The third-order valence-corrected chi connectivity index (χ3v) is 3.07. The van der Waals surface area contributed by atoms with E-state index in [9.17, 15) is 9.59 Å². The molecule has 0 heterocycles. The molecule has 86 valence electrons. The molecule has 0 aromatic carbocycles. The van der Waals surface area contributed by atoms with Gasteiger partial charge in [0.2, 0.25) is 5.91 Å². The molecule has 0 aromatic heterocycles. The molecule has 1 aliphatic rings. The fourth-order valence-corrected chi connectivity index (χ4v) is 2.19. The average molecular weight is 213 g/mol. The second-order valence-corrected chi connectivity index (χ2v) is 4.30. The number of carbonyl (C=O) groups is 2. The zero-order valence-electron chi connectivity index (χ0n) is 9.40. The number of amides is 1. The first-order valence-corrected chi connectivity index (χ1v) is 5.54. The summed E-state index contributed by atoms with van der Waals surface area (Å²) < 4.78 is 0. The van der Waals surface area contributed by atoms with Crippen LogP contribution in [0.5, 0.6) is 0 Å². The van der Waals surface area contributed by atoms with Crippen molar-refractivity contribution in [3.63, 3.8) is 0 Å². The Labute approximate surface area is 90.3 Å². The fourth-order valence-electron chi connectivity index (χ4n) is 2.19. The van der Waals surface area contributed by atoms with Gasteiger partial charge in [0.15, 0.2) is 0 Å². The Morgan fingerprint density at radius 2 is 1.93 bits per heavy atom. The molecule has 0 aromatic rings. The maximum Gasteiger partial charge on any atom is 0.306 e. The lowest BCUT2D eigenvalue weighted by atomic mass is 10.0. The Bertz CT molecular complexity index is 252. The van der Waals surface area contributed by atoms with Crippen molar-refractivity contribution in [2.45, 2.75) is 32.6 Å². The first kappa shape index (κ1) is 12.0. The van der Waals surface area contributed by atoms with E-state index in [1.54, 1.807) is 11.9 Å². The van der Waals surface area contributed by atoms with Gasteiger partial charge >= 0.3 is 5.97 Å². The van der Waals surface area contributed by atoms with E-state index in [1.807, 2.05) is 6.92 Å². The van der Waals surface area contributed by atoms with Crippen molar-refractivity contribution in [3.05, 3.63) is 0 Å². The quantitative estimate of drug-likeness (QED) is 0.767. The van der Waals surface area contributed by atoms with Crippen LogP contribution in [-0.2, 0) is 9.59 Å². The van der Waals surface area contributed by atoms with Gasteiger partial charge < -0.3 is 10.0 Å². The van der Waals surface area contributed by atoms with Crippen LogP contribution in [-0.4, -0.2) is 35.5 Å². The summed E-state index contributed by atoms with van der Waals surface area (Å²) in [6.45, 7) is 2.78. The Kier molecular flexibility index (Phi) is 4.12. The van der Waals surface area contributed by atoms with Crippen molar-refractivity contribution < 1.29 is 14.7 Å². The van der Waals surface area contributed by atoms with E-state index in [1.165, 1.54) is 0 Å². The minimum Gasteiger partial charge on any atom is -0.481 e.